The van der Waals surface area contributed by atoms with E-state index in [0.29, 0.717) is 5.75 Å². The van der Waals surface area contributed by atoms with E-state index in [0.717, 1.165) is 46.6 Å². The number of benzene rings is 1. The Morgan fingerprint density at radius 2 is 1.88 bits per heavy atom. The normalized spacial score (nSPS) is 12.2. The van der Waals surface area contributed by atoms with Crippen LogP contribution in [0.25, 0.3) is 10.6 Å². The fraction of sp³-hybridized carbons (Fsp3) is 0.316. The summed E-state index contributed by atoms with van der Waals surface area (Å²) >= 11 is 1.64. The molecule has 0 saturated heterocycles. The van der Waals surface area contributed by atoms with Gasteiger partial charge in [0, 0.05) is 10.9 Å². The van der Waals surface area contributed by atoms with Gasteiger partial charge in [-0.05, 0) is 37.3 Å². The Morgan fingerprint density at radius 3 is 2.56 bits per heavy atom. The number of furan rings is 1. The summed E-state index contributed by atoms with van der Waals surface area (Å²) in [5.74, 6) is 3.39. The molecule has 0 aliphatic rings. The Bertz CT molecular complexity index is 841. The molecule has 6 heteroatoms. The maximum Gasteiger partial charge on any atom is 0.161 e. The SMILES string of the molecule is COc1ccc(-c2nc(C[NH+](C)Cc3ccc(C)o3)cs2)cc1OC. The van der Waals surface area contributed by atoms with E-state index in [1.165, 1.54) is 4.90 Å². The molecular formula is C19H23N2O3S+. The van der Waals surface area contributed by atoms with Crippen LogP contribution in [0.2, 0.25) is 0 Å². The van der Waals surface area contributed by atoms with Crippen molar-refractivity contribution in [2.75, 3.05) is 21.3 Å². The Hall–Kier alpha value is -2.31. The number of quaternary nitrogens is 1. The molecule has 0 fully saturated rings. The van der Waals surface area contributed by atoms with Crippen molar-refractivity contribution in [3.63, 3.8) is 0 Å². The molecule has 132 valence electrons. The van der Waals surface area contributed by atoms with Gasteiger partial charge in [-0.1, -0.05) is 0 Å². The first-order valence-electron chi connectivity index (χ1n) is 8.12. The molecule has 2 aromatic heterocycles. The summed E-state index contributed by atoms with van der Waals surface area (Å²) in [5, 5.41) is 3.10. The van der Waals surface area contributed by atoms with Crippen LogP contribution in [0, 0.1) is 6.92 Å². The zero-order valence-electron chi connectivity index (χ0n) is 15.0. The van der Waals surface area contributed by atoms with Crippen molar-refractivity contribution in [2.24, 2.45) is 0 Å². The van der Waals surface area contributed by atoms with Crippen LogP contribution in [0.5, 0.6) is 11.5 Å². The Kier molecular flexibility index (Phi) is 5.40. The van der Waals surface area contributed by atoms with Gasteiger partial charge >= 0.3 is 0 Å². The fourth-order valence-corrected chi connectivity index (χ4v) is 3.56. The van der Waals surface area contributed by atoms with Crippen LogP contribution in [0.1, 0.15) is 17.2 Å². The second-order valence-electron chi connectivity index (χ2n) is 6.04. The maximum absolute atomic E-state index is 5.65. The number of ether oxygens (including phenoxy) is 2. The van der Waals surface area contributed by atoms with E-state index in [1.54, 1.807) is 25.6 Å². The van der Waals surface area contributed by atoms with Gasteiger partial charge in [-0.3, -0.25) is 0 Å². The quantitative estimate of drug-likeness (QED) is 0.705. The third-order valence-corrected chi connectivity index (χ3v) is 4.88. The lowest BCUT2D eigenvalue weighted by Crippen LogP contribution is -3.06. The van der Waals surface area contributed by atoms with Crippen molar-refractivity contribution in [3.8, 4) is 22.1 Å². The minimum atomic E-state index is 0.715. The van der Waals surface area contributed by atoms with Crippen molar-refractivity contribution < 1.29 is 18.8 Å². The van der Waals surface area contributed by atoms with Gasteiger partial charge in [0.2, 0.25) is 0 Å². The molecule has 25 heavy (non-hydrogen) atoms. The first-order valence-corrected chi connectivity index (χ1v) is 9.00. The summed E-state index contributed by atoms with van der Waals surface area (Å²) < 4.78 is 16.3. The van der Waals surface area contributed by atoms with Gasteiger partial charge in [0.05, 0.1) is 21.3 Å². The van der Waals surface area contributed by atoms with E-state index in [-0.39, 0.29) is 0 Å². The third-order valence-electron chi connectivity index (χ3n) is 3.94. The molecule has 1 N–H and O–H groups in total. The summed E-state index contributed by atoms with van der Waals surface area (Å²) in [4.78, 5) is 6.10. The predicted molar refractivity (Wildman–Crippen MR) is 98.4 cm³/mol. The van der Waals surface area contributed by atoms with Gasteiger partial charge in [0.15, 0.2) is 17.3 Å². The number of hydrogen-bond donors (Lipinski definition) is 1. The lowest BCUT2D eigenvalue weighted by atomic mass is 10.2. The molecule has 0 saturated carbocycles. The van der Waals surface area contributed by atoms with Crippen molar-refractivity contribution in [2.45, 2.75) is 20.0 Å². The number of methoxy groups -OCH3 is 2. The molecule has 0 amide bonds. The summed E-state index contributed by atoms with van der Waals surface area (Å²) in [6.07, 6.45) is 0. The molecule has 1 atom stereocenters. The smallest absolute Gasteiger partial charge is 0.161 e. The Balaban J connectivity index is 1.69. The molecule has 5 nitrogen and oxygen atoms in total. The van der Waals surface area contributed by atoms with Crippen LogP contribution in [-0.2, 0) is 13.1 Å². The number of thiazole rings is 1. The zero-order valence-corrected chi connectivity index (χ0v) is 15.8. The standard InChI is InChI=1S/C19H22N2O3S/c1-13-5-7-16(24-13)11-21(2)10-15-12-25-19(20-15)14-6-8-17(22-3)18(9-14)23-4/h5-9,12H,10-11H2,1-4H3/p+1. The molecule has 1 unspecified atom stereocenters. The first-order chi connectivity index (χ1) is 12.1. The molecule has 3 aromatic rings. The molecule has 0 bridgehead atoms. The van der Waals surface area contributed by atoms with E-state index in [4.69, 9.17) is 18.9 Å². The molecule has 2 heterocycles. The monoisotopic (exact) mass is 359 g/mol. The van der Waals surface area contributed by atoms with Crippen molar-refractivity contribution in [1.29, 1.82) is 0 Å². The highest BCUT2D eigenvalue weighted by Gasteiger charge is 2.13. The minimum Gasteiger partial charge on any atom is -0.493 e. The fourth-order valence-electron chi connectivity index (χ4n) is 2.74. The average Bonchev–Trinajstić information content (AvgIpc) is 3.23. The van der Waals surface area contributed by atoms with Crippen LogP contribution in [0.15, 0.2) is 40.1 Å². The molecular weight excluding hydrogens is 336 g/mol. The summed E-state index contributed by atoms with van der Waals surface area (Å²) in [6, 6.07) is 9.91. The minimum absolute atomic E-state index is 0.715. The van der Waals surface area contributed by atoms with Crippen molar-refractivity contribution >= 4 is 11.3 Å². The Morgan fingerprint density at radius 1 is 1.08 bits per heavy atom. The molecule has 3 rings (SSSR count). The van der Waals surface area contributed by atoms with Crippen LogP contribution in [-0.4, -0.2) is 26.3 Å². The van der Waals surface area contributed by atoms with E-state index in [2.05, 4.69) is 12.4 Å². The number of rotatable bonds is 7. The zero-order chi connectivity index (χ0) is 17.8. The van der Waals surface area contributed by atoms with Crippen molar-refractivity contribution in [3.05, 3.63) is 52.9 Å². The Labute approximate surface area is 151 Å². The van der Waals surface area contributed by atoms with Crippen molar-refractivity contribution in [1.82, 2.24) is 4.98 Å². The molecule has 0 spiro atoms. The molecule has 1 aromatic carbocycles. The molecule has 0 aliphatic heterocycles. The highest BCUT2D eigenvalue weighted by Crippen LogP contribution is 2.33. The van der Waals surface area contributed by atoms with E-state index in [9.17, 15) is 0 Å². The van der Waals surface area contributed by atoms with Gasteiger partial charge in [0.1, 0.15) is 29.6 Å². The van der Waals surface area contributed by atoms with E-state index in [1.807, 2.05) is 37.3 Å². The topological polar surface area (TPSA) is 48.9 Å². The second-order valence-corrected chi connectivity index (χ2v) is 6.89. The highest BCUT2D eigenvalue weighted by atomic mass is 32.1. The summed E-state index contributed by atoms with van der Waals surface area (Å²) in [6.45, 7) is 3.66. The van der Waals surface area contributed by atoms with Gasteiger partial charge in [-0.25, -0.2) is 4.98 Å². The van der Waals surface area contributed by atoms with Crippen LogP contribution < -0.4 is 14.4 Å². The second kappa shape index (κ2) is 7.72. The van der Waals surface area contributed by atoms with E-state index >= 15 is 0 Å². The number of nitrogens with zero attached hydrogens (tertiary/aromatic N) is 1. The van der Waals surface area contributed by atoms with Gasteiger partial charge in [0.25, 0.3) is 0 Å². The lowest BCUT2D eigenvalue weighted by Gasteiger charge is -2.10. The largest absolute Gasteiger partial charge is 0.493 e. The van der Waals surface area contributed by atoms with Gasteiger partial charge in [-0.15, -0.1) is 11.3 Å². The van der Waals surface area contributed by atoms with Crippen LogP contribution in [0.4, 0.5) is 0 Å². The highest BCUT2D eigenvalue weighted by molar-refractivity contribution is 7.13. The van der Waals surface area contributed by atoms with Crippen LogP contribution >= 0.6 is 11.3 Å². The number of aryl methyl sites for hydroxylation is 1. The van der Waals surface area contributed by atoms with E-state index < -0.39 is 0 Å². The molecule has 0 aliphatic carbocycles. The van der Waals surface area contributed by atoms with Gasteiger partial charge in [-0.2, -0.15) is 0 Å². The maximum atomic E-state index is 5.65. The first kappa shape index (κ1) is 17.5. The van der Waals surface area contributed by atoms with Gasteiger partial charge < -0.3 is 18.8 Å². The number of hydrogen-bond acceptors (Lipinski definition) is 5. The lowest BCUT2D eigenvalue weighted by molar-refractivity contribution is -0.909. The molecule has 0 radical (unpaired) electrons. The predicted octanol–water partition coefficient (Wildman–Crippen LogP) is 2.94. The average molecular weight is 359 g/mol. The summed E-state index contributed by atoms with van der Waals surface area (Å²) in [7, 11) is 5.43. The number of aromatic nitrogens is 1. The number of nitrogens with one attached hydrogen (secondary N) is 1. The third kappa shape index (κ3) is 4.21. The summed E-state index contributed by atoms with van der Waals surface area (Å²) in [5.41, 5.74) is 2.11. The van der Waals surface area contributed by atoms with Crippen LogP contribution in [0.3, 0.4) is 0 Å².